The molecule has 0 aliphatic heterocycles. The second-order valence-electron chi connectivity index (χ2n) is 2.56. The summed E-state index contributed by atoms with van der Waals surface area (Å²) in [4.78, 5) is 10.1. The van der Waals surface area contributed by atoms with Gasteiger partial charge in [0, 0.05) is 0 Å². The van der Waals surface area contributed by atoms with Crippen molar-refractivity contribution in [2.75, 3.05) is 0 Å². The minimum atomic E-state index is -1.82. The molecule has 3 heteroatoms. The van der Waals surface area contributed by atoms with E-state index in [1.165, 1.54) is 0 Å². The van der Waals surface area contributed by atoms with E-state index in [1.54, 1.807) is 19.6 Å². The summed E-state index contributed by atoms with van der Waals surface area (Å²) in [6.07, 6.45) is 0. The summed E-state index contributed by atoms with van der Waals surface area (Å²) in [5.41, 5.74) is -0.618. The van der Waals surface area contributed by atoms with E-state index in [-0.39, 0.29) is 0 Å². The Hall–Kier alpha value is -0.313. The van der Waals surface area contributed by atoms with Gasteiger partial charge in [-0.25, -0.2) is 0 Å². The second-order valence-corrected chi connectivity index (χ2v) is 7.48. The lowest BCUT2D eigenvalue weighted by atomic mass is 11.6. The number of rotatable bonds is 1. The van der Waals surface area contributed by atoms with Gasteiger partial charge in [-0.2, -0.15) is 0 Å². The fraction of sp³-hybridized carbons (Fsp3) is 0.750. The van der Waals surface area contributed by atoms with Crippen LogP contribution in [-0.4, -0.2) is 18.8 Å². The second kappa shape index (κ2) is 1.66. The first-order chi connectivity index (χ1) is 2.94. The van der Waals surface area contributed by atoms with Crippen LogP contribution in [0.4, 0.5) is 4.79 Å². The van der Waals surface area contributed by atoms with Crippen molar-refractivity contribution in [3.63, 3.8) is 0 Å². The highest BCUT2D eigenvalue weighted by Crippen LogP contribution is 1.99. The van der Waals surface area contributed by atoms with Crippen LogP contribution in [-0.2, 0) is 0 Å². The van der Waals surface area contributed by atoms with Crippen molar-refractivity contribution in [2.45, 2.75) is 19.6 Å². The van der Waals surface area contributed by atoms with E-state index in [2.05, 4.69) is 0 Å². The fourth-order valence-electron chi connectivity index (χ4n) is 0. The lowest BCUT2D eigenvalue weighted by molar-refractivity contribution is 0.218. The third-order valence-electron chi connectivity index (χ3n) is 0.642. The molecule has 0 unspecified atom stereocenters. The largest absolute Gasteiger partial charge is 0.486 e. The van der Waals surface area contributed by atoms with Crippen molar-refractivity contribution < 1.29 is 9.90 Å². The van der Waals surface area contributed by atoms with Crippen molar-refractivity contribution in [2.24, 2.45) is 0 Å². The van der Waals surface area contributed by atoms with Crippen molar-refractivity contribution in [3.05, 3.63) is 0 Å². The first-order valence-corrected chi connectivity index (χ1v) is 5.68. The maximum absolute atomic E-state index is 10.1. The molecule has 0 spiro atoms. The van der Waals surface area contributed by atoms with Crippen LogP contribution in [0.3, 0.4) is 0 Å². The third-order valence-corrected chi connectivity index (χ3v) is 1.92. The number of hydrogen-bond acceptors (Lipinski definition) is 1. The third kappa shape index (κ3) is 2.39. The van der Waals surface area contributed by atoms with Gasteiger partial charge >= 0.3 is 0 Å². The van der Waals surface area contributed by atoms with Crippen LogP contribution in [0, 0.1) is 0 Å². The SMILES string of the molecule is C[Si](C)(C)C(=O)O. The minimum Gasteiger partial charge on any atom is -0.486 e. The van der Waals surface area contributed by atoms with Crippen LogP contribution < -0.4 is 0 Å². The van der Waals surface area contributed by atoms with E-state index in [1.807, 2.05) is 0 Å². The maximum Gasteiger partial charge on any atom is 0.268 e. The molecule has 1 N–H and O–H groups in total. The van der Waals surface area contributed by atoms with E-state index in [0.717, 1.165) is 0 Å². The van der Waals surface area contributed by atoms with E-state index in [4.69, 9.17) is 5.11 Å². The Labute approximate surface area is 44.2 Å². The van der Waals surface area contributed by atoms with Gasteiger partial charge in [0.15, 0.2) is 8.07 Å². The van der Waals surface area contributed by atoms with Crippen LogP contribution >= 0.6 is 0 Å². The summed E-state index contributed by atoms with van der Waals surface area (Å²) in [6, 6.07) is 0. The monoisotopic (exact) mass is 118 g/mol. The fourth-order valence-corrected chi connectivity index (χ4v) is 0. The zero-order chi connectivity index (χ0) is 6.08. The van der Waals surface area contributed by atoms with Gasteiger partial charge < -0.3 is 5.11 Å². The van der Waals surface area contributed by atoms with Crippen molar-refractivity contribution in [1.82, 2.24) is 0 Å². The normalized spacial score (nSPS) is 11.3. The molecule has 0 aliphatic carbocycles. The lowest BCUT2D eigenvalue weighted by Crippen LogP contribution is -2.31. The molecule has 0 aromatic carbocycles. The van der Waals surface area contributed by atoms with Crippen LogP contribution in [0.1, 0.15) is 0 Å². The van der Waals surface area contributed by atoms with Crippen LogP contribution in [0.5, 0.6) is 0 Å². The molecule has 0 amide bonds. The smallest absolute Gasteiger partial charge is 0.268 e. The summed E-state index contributed by atoms with van der Waals surface area (Å²) in [7, 11) is -1.82. The van der Waals surface area contributed by atoms with Crippen LogP contribution in [0.15, 0.2) is 0 Å². The maximum atomic E-state index is 10.1. The highest BCUT2D eigenvalue weighted by molar-refractivity contribution is 7.01. The van der Waals surface area contributed by atoms with Crippen LogP contribution in [0.2, 0.25) is 19.6 Å². The van der Waals surface area contributed by atoms with Gasteiger partial charge in [0.2, 0.25) is 0 Å². The topological polar surface area (TPSA) is 37.3 Å². The van der Waals surface area contributed by atoms with Gasteiger partial charge in [0.1, 0.15) is 0 Å². The number of hydrogen-bond donors (Lipinski definition) is 1. The summed E-state index contributed by atoms with van der Waals surface area (Å²) in [5, 5.41) is 8.31. The molecule has 0 aromatic rings. The zero-order valence-electron chi connectivity index (χ0n) is 4.86. The molecule has 0 saturated carbocycles. The average molecular weight is 118 g/mol. The standard InChI is InChI=1S/C4H10O2Si/c1-7(2,3)4(5)6/h1-3H3,(H,5,6). The Bertz CT molecular complexity index is 82.2. The Morgan fingerprint density at radius 1 is 1.43 bits per heavy atom. The molecule has 0 fully saturated rings. The Morgan fingerprint density at radius 3 is 1.57 bits per heavy atom. The number of carboxylic acid groups (broad SMARTS) is 1. The highest BCUT2D eigenvalue weighted by atomic mass is 28.3. The van der Waals surface area contributed by atoms with E-state index < -0.39 is 13.7 Å². The molecule has 2 nitrogen and oxygen atoms in total. The summed E-state index contributed by atoms with van der Waals surface area (Å²) in [5.74, 6) is 0. The molecule has 0 rings (SSSR count). The predicted molar refractivity (Wildman–Crippen MR) is 31.4 cm³/mol. The van der Waals surface area contributed by atoms with Crippen LogP contribution in [0.25, 0.3) is 0 Å². The van der Waals surface area contributed by atoms with E-state index in [0.29, 0.717) is 0 Å². The molecule has 0 aliphatic rings. The first kappa shape index (κ1) is 6.69. The lowest BCUT2D eigenvalue weighted by Gasteiger charge is -2.05. The van der Waals surface area contributed by atoms with Gasteiger partial charge in [-0.3, -0.25) is 4.79 Å². The Balaban J connectivity index is 3.79. The first-order valence-electron chi connectivity index (χ1n) is 2.18. The molecule has 0 aromatic heterocycles. The Morgan fingerprint density at radius 2 is 1.57 bits per heavy atom. The highest BCUT2D eigenvalue weighted by Gasteiger charge is 2.22. The molecule has 0 atom stereocenters. The molecule has 0 radical (unpaired) electrons. The molecule has 7 heavy (non-hydrogen) atoms. The molecular weight excluding hydrogens is 108 g/mol. The van der Waals surface area contributed by atoms with E-state index in [9.17, 15) is 4.79 Å². The number of carbonyl (C=O) groups is 1. The Kier molecular flexibility index (Phi) is 1.58. The summed E-state index contributed by atoms with van der Waals surface area (Å²) < 4.78 is 0. The quantitative estimate of drug-likeness (QED) is 0.531. The summed E-state index contributed by atoms with van der Waals surface area (Å²) >= 11 is 0. The van der Waals surface area contributed by atoms with Gasteiger partial charge in [0.25, 0.3) is 5.59 Å². The van der Waals surface area contributed by atoms with Gasteiger partial charge in [-0.1, -0.05) is 19.6 Å². The van der Waals surface area contributed by atoms with Crippen molar-refractivity contribution >= 4 is 13.7 Å². The van der Waals surface area contributed by atoms with Crippen molar-refractivity contribution in [1.29, 1.82) is 0 Å². The van der Waals surface area contributed by atoms with Gasteiger partial charge in [-0.15, -0.1) is 0 Å². The zero-order valence-corrected chi connectivity index (χ0v) is 5.86. The van der Waals surface area contributed by atoms with Crippen molar-refractivity contribution in [3.8, 4) is 0 Å². The molecule has 0 saturated heterocycles. The average Bonchev–Trinajstić information content (AvgIpc) is 1.31. The van der Waals surface area contributed by atoms with E-state index >= 15 is 0 Å². The molecular formula is C4H10O2Si. The molecule has 42 valence electrons. The summed E-state index contributed by atoms with van der Waals surface area (Å²) in [6.45, 7) is 5.40. The molecule has 0 bridgehead atoms. The minimum absolute atomic E-state index is 0.618. The predicted octanol–water partition coefficient (Wildman–Crippen LogP) is 1.58. The van der Waals surface area contributed by atoms with Gasteiger partial charge in [0.05, 0.1) is 0 Å². The molecule has 0 heterocycles. The van der Waals surface area contributed by atoms with Gasteiger partial charge in [-0.05, 0) is 0 Å².